The molecule has 13 heteroatoms. The second-order valence-corrected chi connectivity index (χ2v) is 10.5. The number of aliphatic hydroxyl groups is 1. The van der Waals surface area contributed by atoms with Crippen LogP contribution in [-0.2, 0) is 14.3 Å². The Morgan fingerprint density at radius 1 is 1.11 bits per heavy atom. The average molecular weight is 552 g/mol. The van der Waals surface area contributed by atoms with Crippen molar-refractivity contribution in [3.63, 3.8) is 0 Å². The molecular formula is C24H30ClF4N3O5. The lowest BCUT2D eigenvalue weighted by Gasteiger charge is -2.56. The molecule has 206 valence electrons. The number of benzene rings is 1. The number of carbonyl (C=O) groups excluding carboxylic acids is 2. The predicted molar refractivity (Wildman–Crippen MR) is 125 cm³/mol. The van der Waals surface area contributed by atoms with Crippen LogP contribution in [0.4, 0.5) is 17.6 Å². The van der Waals surface area contributed by atoms with E-state index in [9.17, 15) is 32.3 Å². The van der Waals surface area contributed by atoms with Crippen LogP contribution in [0, 0.1) is 5.82 Å². The number of fused-ring (bicyclic) bond motifs is 3. The van der Waals surface area contributed by atoms with Gasteiger partial charge in [-0.1, -0.05) is 11.6 Å². The first-order valence-corrected chi connectivity index (χ1v) is 12.6. The van der Waals surface area contributed by atoms with Crippen LogP contribution >= 0.6 is 11.6 Å². The molecule has 5 rings (SSSR count). The number of alkyl halides is 3. The summed E-state index contributed by atoms with van der Waals surface area (Å²) in [4.78, 5) is 25.1. The van der Waals surface area contributed by atoms with E-state index >= 15 is 0 Å². The van der Waals surface area contributed by atoms with Gasteiger partial charge in [0.1, 0.15) is 24.2 Å². The van der Waals surface area contributed by atoms with Gasteiger partial charge in [-0.25, -0.2) is 4.39 Å². The van der Waals surface area contributed by atoms with Crippen LogP contribution in [0.1, 0.15) is 44.9 Å². The maximum Gasteiger partial charge on any atom is 0.403 e. The summed E-state index contributed by atoms with van der Waals surface area (Å²) >= 11 is 5.64. The lowest BCUT2D eigenvalue weighted by atomic mass is 9.60. The van der Waals surface area contributed by atoms with Crippen LogP contribution in [-0.4, -0.2) is 72.2 Å². The van der Waals surface area contributed by atoms with Gasteiger partial charge < -0.3 is 30.5 Å². The molecule has 4 N–H and O–H groups in total. The number of ether oxygens (including phenoxy) is 2. The van der Waals surface area contributed by atoms with E-state index in [0.717, 1.165) is 6.07 Å². The Morgan fingerprint density at radius 2 is 1.81 bits per heavy atom. The van der Waals surface area contributed by atoms with E-state index in [2.05, 4.69) is 16.0 Å². The predicted octanol–water partition coefficient (Wildman–Crippen LogP) is 2.61. The Labute approximate surface area is 216 Å². The monoisotopic (exact) mass is 551 g/mol. The molecule has 3 saturated carbocycles. The van der Waals surface area contributed by atoms with Crippen LogP contribution in [0.15, 0.2) is 18.2 Å². The van der Waals surface area contributed by atoms with Gasteiger partial charge in [0.15, 0.2) is 6.61 Å². The first kappa shape index (κ1) is 27.9. The SMILES string of the molecule is O=C(COC1CCC(C(F)(F)F)NC1)NC12CCC(NC(=O)COc3ccc(Cl)c(F)c3)(CC1)C(O)C2. The van der Waals surface area contributed by atoms with Gasteiger partial charge in [-0.15, -0.1) is 0 Å². The standard InChI is InChI=1S/C24H30ClF4N3O5/c25-16-3-1-14(9-17(16)26)36-13-21(35)32-23-7-5-22(6-8-23,10-19(23)33)31-20(34)12-37-15-2-4-18(30-11-15)24(27,28)29/h1,3,9,15,18-19,30,33H,2,4-8,10-13H2,(H,31,34)(H,32,35). The summed E-state index contributed by atoms with van der Waals surface area (Å²) in [6.07, 6.45) is -3.45. The van der Waals surface area contributed by atoms with Crippen molar-refractivity contribution in [1.29, 1.82) is 0 Å². The fourth-order valence-corrected chi connectivity index (χ4v) is 5.59. The molecule has 4 fully saturated rings. The summed E-state index contributed by atoms with van der Waals surface area (Å²) in [6.45, 7) is -0.639. The molecule has 1 aromatic rings. The fraction of sp³-hybridized carbons (Fsp3) is 0.667. The summed E-state index contributed by atoms with van der Waals surface area (Å²) in [5, 5.41) is 19.0. The van der Waals surface area contributed by atoms with E-state index in [4.69, 9.17) is 21.1 Å². The molecule has 0 spiro atoms. The van der Waals surface area contributed by atoms with Gasteiger partial charge in [-0.2, -0.15) is 13.2 Å². The molecule has 1 aromatic carbocycles. The minimum absolute atomic E-state index is 0.0141. The molecule has 1 saturated heterocycles. The number of carbonyl (C=O) groups is 2. The highest BCUT2D eigenvalue weighted by Crippen LogP contribution is 2.47. The highest BCUT2D eigenvalue weighted by Gasteiger charge is 2.55. The normalized spacial score (nSPS) is 31.6. The number of nitrogens with one attached hydrogen (secondary N) is 3. The summed E-state index contributed by atoms with van der Waals surface area (Å²) < 4.78 is 62.7. The number of amides is 2. The van der Waals surface area contributed by atoms with E-state index < -0.39 is 53.1 Å². The zero-order chi connectivity index (χ0) is 26.8. The number of hydrogen-bond donors (Lipinski definition) is 4. The van der Waals surface area contributed by atoms with Crippen molar-refractivity contribution in [2.45, 2.75) is 80.4 Å². The Morgan fingerprint density at radius 3 is 2.41 bits per heavy atom. The molecule has 2 bridgehead atoms. The molecule has 3 aliphatic carbocycles. The third-order valence-corrected chi connectivity index (χ3v) is 7.90. The van der Waals surface area contributed by atoms with Gasteiger partial charge in [-0.05, 0) is 57.1 Å². The molecule has 2 amide bonds. The van der Waals surface area contributed by atoms with Gasteiger partial charge >= 0.3 is 6.18 Å². The quantitative estimate of drug-likeness (QED) is 0.370. The van der Waals surface area contributed by atoms with E-state index in [1.807, 2.05) is 0 Å². The molecule has 8 nitrogen and oxygen atoms in total. The van der Waals surface area contributed by atoms with Gasteiger partial charge in [0, 0.05) is 18.2 Å². The van der Waals surface area contributed by atoms with E-state index in [0.29, 0.717) is 25.7 Å². The lowest BCUT2D eigenvalue weighted by molar-refractivity contribution is -0.166. The number of halogens is 5. The minimum atomic E-state index is -4.30. The molecular weight excluding hydrogens is 522 g/mol. The van der Waals surface area contributed by atoms with Gasteiger partial charge in [-0.3, -0.25) is 9.59 Å². The molecule has 0 radical (unpaired) electrons. The van der Waals surface area contributed by atoms with Crippen molar-refractivity contribution in [3.8, 4) is 5.75 Å². The number of piperidine rings is 1. The molecule has 1 heterocycles. The molecule has 0 aromatic heterocycles. The minimum Gasteiger partial charge on any atom is -0.484 e. The lowest BCUT2D eigenvalue weighted by Crippen LogP contribution is -2.70. The zero-order valence-corrected chi connectivity index (χ0v) is 20.8. The van der Waals surface area contributed by atoms with Crippen LogP contribution in [0.25, 0.3) is 0 Å². The maximum absolute atomic E-state index is 13.5. The number of rotatable bonds is 8. The topological polar surface area (TPSA) is 109 Å². The van der Waals surface area contributed by atoms with Crippen molar-refractivity contribution in [2.75, 3.05) is 19.8 Å². The molecule has 4 aliphatic rings. The molecule has 1 aliphatic heterocycles. The summed E-state index contributed by atoms with van der Waals surface area (Å²) in [5.41, 5.74) is -1.49. The largest absolute Gasteiger partial charge is 0.484 e. The average Bonchev–Trinajstić information content (AvgIpc) is 2.84. The number of aliphatic hydroxyl groups excluding tert-OH is 1. The van der Waals surface area contributed by atoms with Crippen LogP contribution < -0.4 is 20.7 Å². The van der Waals surface area contributed by atoms with Gasteiger partial charge in [0.2, 0.25) is 5.91 Å². The molecule has 3 atom stereocenters. The zero-order valence-electron chi connectivity index (χ0n) is 20.0. The maximum atomic E-state index is 13.5. The highest BCUT2D eigenvalue weighted by atomic mass is 35.5. The second kappa shape index (κ2) is 10.9. The Bertz CT molecular complexity index is 995. The van der Waals surface area contributed by atoms with Crippen LogP contribution in [0.5, 0.6) is 5.75 Å². The Hall–Kier alpha value is -2.15. The summed E-state index contributed by atoms with van der Waals surface area (Å²) in [7, 11) is 0. The Kier molecular flexibility index (Phi) is 8.22. The van der Waals surface area contributed by atoms with E-state index in [1.54, 1.807) is 0 Å². The van der Waals surface area contributed by atoms with E-state index in [-0.39, 0.29) is 49.8 Å². The van der Waals surface area contributed by atoms with Crippen molar-refractivity contribution in [2.24, 2.45) is 0 Å². The first-order chi connectivity index (χ1) is 17.4. The van der Waals surface area contributed by atoms with Crippen molar-refractivity contribution in [1.82, 2.24) is 16.0 Å². The molecule has 3 unspecified atom stereocenters. The summed E-state index contributed by atoms with van der Waals surface area (Å²) in [6, 6.07) is 2.29. The van der Waals surface area contributed by atoms with Crippen molar-refractivity contribution >= 4 is 23.4 Å². The summed E-state index contributed by atoms with van der Waals surface area (Å²) in [5.74, 6) is -1.37. The Balaban J connectivity index is 1.21. The number of hydrogen-bond acceptors (Lipinski definition) is 6. The van der Waals surface area contributed by atoms with Gasteiger partial charge in [0.05, 0.1) is 22.8 Å². The van der Waals surface area contributed by atoms with Crippen molar-refractivity contribution in [3.05, 3.63) is 29.0 Å². The molecule has 37 heavy (non-hydrogen) atoms. The first-order valence-electron chi connectivity index (χ1n) is 12.2. The van der Waals surface area contributed by atoms with Gasteiger partial charge in [0.25, 0.3) is 5.91 Å². The smallest absolute Gasteiger partial charge is 0.403 e. The fourth-order valence-electron chi connectivity index (χ4n) is 5.47. The second-order valence-electron chi connectivity index (χ2n) is 10.1. The van der Waals surface area contributed by atoms with Crippen molar-refractivity contribution < 1.29 is 41.7 Å². The van der Waals surface area contributed by atoms with E-state index in [1.165, 1.54) is 12.1 Å². The van der Waals surface area contributed by atoms with Crippen LogP contribution in [0.2, 0.25) is 5.02 Å². The third-order valence-electron chi connectivity index (χ3n) is 7.59. The van der Waals surface area contributed by atoms with Crippen LogP contribution in [0.3, 0.4) is 0 Å². The third kappa shape index (κ3) is 6.65. The highest BCUT2D eigenvalue weighted by molar-refractivity contribution is 6.30.